The molecule has 382 valence electrons. The van der Waals surface area contributed by atoms with E-state index in [1.54, 1.807) is 47.2 Å². The minimum Gasteiger partial charge on any atom is -0.458 e. The number of carbonyl (C=O) groups excluding carboxylic acids is 3. The maximum atomic E-state index is 15.1. The highest BCUT2D eigenvalue weighted by Crippen LogP contribution is 2.49. The Morgan fingerprint density at radius 2 is 1.63 bits per heavy atom. The van der Waals surface area contributed by atoms with Crippen molar-refractivity contribution in [2.75, 3.05) is 34.1 Å². The molecule has 2 N–H and O–H groups in total. The number of rotatable bonds is 13. The van der Waals surface area contributed by atoms with Crippen molar-refractivity contribution in [1.82, 2.24) is 19.7 Å². The predicted octanol–water partition coefficient (Wildman–Crippen LogP) is 5.32. The van der Waals surface area contributed by atoms with Crippen LogP contribution >= 0.6 is 11.8 Å². The summed E-state index contributed by atoms with van der Waals surface area (Å²) in [5.41, 5.74) is -2.03. The fourth-order valence-electron chi connectivity index (χ4n) is 11.3. The van der Waals surface area contributed by atoms with Gasteiger partial charge in [-0.15, -0.1) is 11.8 Å². The molecule has 0 spiro atoms. The van der Waals surface area contributed by atoms with Crippen LogP contribution in [-0.2, 0) is 58.8 Å². The lowest BCUT2D eigenvalue weighted by atomic mass is 9.70. The molecule has 2 unspecified atom stereocenters. The van der Waals surface area contributed by atoms with Crippen LogP contribution in [0.3, 0.4) is 0 Å². The van der Waals surface area contributed by atoms with E-state index in [4.69, 9.17) is 43.0 Å². The van der Waals surface area contributed by atoms with Crippen LogP contribution < -0.4 is 0 Å². The van der Waals surface area contributed by atoms with Crippen molar-refractivity contribution < 1.29 is 62.5 Å². The molecule has 0 radical (unpaired) electrons. The first-order valence-electron chi connectivity index (χ1n) is 24.3. The summed E-state index contributed by atoms with van der Waals surface area (Å²) < 4.78 is 53.6. The number of Topliss-reactive ketones (excluding diaryl/α,β-unsaturated/α-hetero) is 1. The lowest BCUT2D eigenvalue weighted by Gasteiger charge is -2.50. The van der Waals surface area contributed by atoms with Crippen LogP contribution in [0, 0.1) is 29.6 Å². The van der Waals surface area contributed by atoms with E-state index in [0.29, 0.717) is 18.7 Å². The number of ether oxygens (including phenoxy) is 8. The highest BCUT2D eigenvalue weighted by Gasteiger charge is 2.62. The summed E-state index contributed by atoms with van der Waals surface area (Å²) in [7, 11) is 6.87. The number of hydrogen-bond donors (Lipinski definition) is 2. The van der Waals surface area contributed by atoms with E-state index >= 15 is 4.79 Å². The Balaban J connectivity index is 1.39. The second kappa shape index (κ2) is 22.2. The number of likely N-dealkylation sites (N-methyl/N-ethyl adjacent to an activating group) is 1. The number of methoxy groups -OCH3 is 2. The summed E-state index contributed by atoms with van der Waals surface area (Å²) in [5, 5.41) is 26.9. The standard InChI is InChI=1S/C50H78N4O13S/c1-15-36-50(10)38(42(46(59)67-50)68-22-21-54-20-18-34(52-54)33-17-16-19-51-26-33)29(4)39(55)27(2)24-49(9,61-14)44(66-47-40(56)35(53(11)12)23-28(3)62-47)30(5)41(31(6)45(58)64-36)65-37-25-48(8,60-13)43(57)32(7)63-37/h16-20,26-32,35-38,40-44,47,56-57H,15,21-25H2,1-14H3/t27-,28-,29+,30+,31-,32-,35+,36-,37+,38?,40-,41+,42?,43+,44-,47+,48-,49-,50-/m1/s1. The highest BCUT2D eigenvalue weighted by molar-refractivity contribution is 8.00. The monoisotopic (exact) mass is 975 g/mol. The summed E-state index contributed by atoms with van der Waals surface area (Å²) in [6, 6.07) is 5.41. The Morgan fingerprint density at radius 3 is 2.26 bits per heavy atom. The van der Waals surface area contributed by atoms with Gasteiger partial charge in [-0.1, -0.05) is 27.7 Å². The topological polar surface area (TPSA) is 199 Å². The zero-order valence-corrected chi connectivity index (χ0v) is 43.3. The Kier molecular flexibility index (Phi) is 17.7. The minimum atomic E-state index is -1.39. The largest absolute Gasteiger partial charge is 0.458 e. The Hall–Kier alpha value is -3.04. The molecule has 4 aliphatic rings. The number of esters is 2. The van der Waals surface area contributed by atoms with Gasteiger partial charge in [0.15, 0.2) is 18.2 Å². The molecule has 2 aromatic heterocycles. The van der Waals surface area contributed by atoms with Gasteiger partial charge in [-0.2, -0.15) is 5.10 Å². The summed E-state index contributed by atoms with van der Waals surface area (Å²) in [6.07, 6.45) is -1.53. The second-order valence-corrected chi connectivity index (χ2v) is 21.8. The van der Waals surface area contributed by atoms with Gasteiger partial charge in [0.1, 0.15) is 29.3 Å². The Morgan fingerprint density at radius 1 is 0.926 bits per heavy atom. The maximum Gasteiger partial charge on any atom is 0.320 e. The number of fused-ring (bicyclic) bond motifs is 1. The number of pyridine rings is 1. The number of ketones is 1. The first-order chi connectivity index (χ1) is 32.0. The van der Waals surface area contributed by atoms with E-state index < -0.39 is 113 Å². The molecule has 4 fully saturated rings. The summed E-state index contributed by atoms with van der Waals surface area (Å²) in [4.78, 5) is 50.5. The number of thioether (sulfide) groups is 1. The van der Waals surface area contributed by atoms with Crippen molar-refractivity contribution in [3.63, 3.8) is 0 Å². The molecule has 4 aliphatic heterocycles. The fourth-order valence-corrected chi connectivity index (χ4v) is 12.8. The Bertz CT molecular complexity index is 2010. The van der Waals surface area contributed by atoms with E-state index in [1.807, 2.05) is 89.6 Å². The van der Waals surface area contributed by atoms with Crippen molar-refractivity contribution in [3.8, 4) is 11.3 Å². The molecule has 6 rings (SSSR count). The highest BCUT2D eigenvalue weighted by atomic mass is 32.2. The average Bonchev–Trinajstić information content (AvgIpc) is 3.89. The lowest BCUT2D eigenvalue weighted by molar-refractivity contribution is -0.319. The number of aromatic nitrogens is 3. The maximum absolute atomic E-state index is 15.1. The molecular formula is C50H78N4O13S. The van der Waals surface area contributed by atoms with Gasteiger partial charge in [-0.25, -0.2) is 0 Å². The molecule has 0 amide bonds. The third-order valence-corrected chi connectivity index (χ3v) is 16.7. The number of hydrogen-bond acceptors (Lipinski definition) is 17. The number of aliphatic hydroxyl groups excluding tert-OH is 2. The second-order valence-electron chi connectivity index (χ2n) is 20.6. The number of cyclic esters (lactones) is 1. The van der Waals surface area contributed by atoms with Gasteiger partial charge < -0.3 is 53.0 Å². The van der Waals surface area contributed by atoms with E-state index in [2.05, 4.69) is 4.98 Å². The number of nitrogens with zero attached hydrogens (tertiary/aromatic N) is 4. The molecular weight excluding hydrogens is 897 g/mol. The molecule has 4 saturated heterocycles. The molecule has 19 atom stereocenters. The quantitative estimate of drug-likeness (QED) is 0.244. The van der Waals surface area contributed by atoms with E-state index in [9.17, 15) is 19.8 Å². The number of carbonyl (C=O) groups is 3. The predicted molar refractivity (Wildman–Crippen MR) is 254 cm³/mol. The van der Waals surface area contributed by atoms with Gasteiger partial charge in [0.05, 0.1) is 47.2 Å². The summed E-state index contributed by atoms with van der Waals surface area (Å²) in [6.45, 7) is 18.7. The smallest absolute Gasteiger partial charge is 0.320 e. The van der Waals surface area contributed by atoms with Crippen LogP contribution in [0.4, 0.5) is 0 Å². The van der Waals surface area contributed by atoms with Crippen LogP contribution in [0.15, 0.2) is 36.8 Å². The zero-order chi connectivity index (χ0) is 50.0. The van der Waals surface area contributed by atoms with Crippen molar-refractivity contribution >= 4 is 29.5 Å². The molecule has 2 aromatic rings. The minimum absolute atomic E-state index is 0.121. The number of aliphatic hydroxyl groups is 2. The van der Waals surface area contributed by atoms with Gasteiger partial charge in [0.2, 0.25) is 0 Å². The first-order valence-corrected chi connectivity index (χ1v) is 25.3. The summed E-state index contributed by atoms with van der Waals surface area (Å²) in [5.74, 6) is -4.55. The van der Waals surface area contributed by atoms with Crippen molar-refractivity contribution in [2.45, 2.75) is 185 Å². The van der Waals surface area contributed by atoms with Crippen LogP contribution in [0.5, 0.6) is 0 Å². The van der Waals surface area contributed by atoms with Crippen LogP contribution in [0.1, 0.15) is 94.9 Å². The zero-order valence-electron chi connectivity index (χ0n) is 42.5. The SMILES string of the molecule is CC[C@H]1OC(=O)[C@H](C)[C@@H](O[C@H]2C[C@@](C)(OC)[C@@H](O)[C@@H](C)O2)[C@H](C)[C@@H](O[C@@H]2O[C@H](C)C[C@H](N(C)C)[C@H]2O)[C@](C)(OC)C[C@@H](C)C(=O)[C@@H](C)C2C(SCCn3ccc(-c4cccnc4)n3)C(=O)O[C@@]21C. The van der Waals surface area contributed by atoms with Crippen LogP contribution in [0.2, 0.25) is 0 Å². The fraction of sp³-hybridized carbons (Fsp3) is 0.780. The van der Waals surface area contributed by atoms with Crippen molar-refractivity contribution in [2.24, 2.45) is 29.6 Å². The molecule has 0 aromatic carbocycles. The molecule has 18 heteroatoms. The van der Waals surface area contributed by atoms with Crippen molar-refractivity contribution in [1.29, 1.82) is 0 Å². The first kappa shape index (κ1) is 54.3. The average molecular weight is 975 g/mol. The number of aryl methyl sites for hydroxylation is 1. The molecule has 68 heavy (non-hydrogen) atoms. The van der Waals surface area contributed by atoms with Gasteiger partial charge in [0, 0.05) is 86.8 Å². The van der Waals surface area contributed by atoms with E-state index in [1.165, 1.54) is 18.9 Å². The van der Waals surface area contributed by atoms with Gasteiger partial charge in [0.25, 0.3) is 0 Å². The molecule has 0 saturated carbocycles. The third kappa shape index (κ3) is 11.2. The molecule has 17 nitrogen and oxygen atoms in total. The molecule has 0 aliphatic carbocycles. The lowest BCUT2D eigenvalue weighted by Crippen LogP contribution is -2.61. The normalized spacial score (nSPS) is 42.0. The van der Waals surface area contributed by atoms with Gasteiger partial charge in [-0.05, 0) is 93.1 Å². The molecule has 0 bridgehead atoms. The Labute approximate surface area is 406 Å². The summed E-state index contributed by atoms with van der Waals surface area (Å²) >= 11 is 1.40. The molecule has 6 heterocycles. The van der Waals surface area contributed by atoms with E-state index in [0.717, 1.165) is 11.3 Å². The van der Waals surface area contributed by atoms with Gasteiger partial charge >= 0.3 is 11.9 Å². The third-order valence-electron chi connectivity index (χ3n) is 15.5. The van der Waals surface area contributed by atoms with Gasteiger partial charge in [-0.3, -0.25) is 24.0 Å². The van der Waals surface area contributed by atoms with Crippen LogP contribution in [0.25, 0.3) is 11.3 Å². The van der Waals surface area contributed by atoms with Crippen LogP contribution in [-0.4, -0.2) is 165 Å². The van der Waals surface area contributed by atoms with E-state index in [-0.39, 0.29) is 37.2 Å². The van der Waals surface area contributed by atoms with Crippen molar-refractivity contribution in [3.05, 3.63) is 36.8 Å².